The number of ketones is 1. The summed E-state index contributed by atoms with van der Waals surface area (Å²) in [6.45, 7) is 2.01. The fourth-order valence-corrected chi connectivity index (χ4v) is 3.93. The number of aromatic nitrogens is 1. The molecule has 0 saturated carbocycles. The van der Waals surface area contributed by atoms with Gasteiger partial charge in [-0.2, -0.15) is 0 Å². The van der Waals surface area contributed by atoms with E-state index in [9.17, 15) is 9.59 Å². The number of hydrogen-bond donors (Lipinski definition) is 0. The van der Waals surface area contributed by atoms with Gasteiger partial charge in [-0.25, -0.2) is 0 Å². The van der Waals surface area contributed by atoms with Gasteiger partial charge in [0.05, 0.1) is 0 Å². The van der Waals surface area contributed by atoms with Crippen LogP contribution in [-0.4, -0.2) is 16.7 Å². The molecule has 0 spiro atoms. The zero-order valence-corrected chi connectivity index (χ0v) is 14.2. The molecule has 0 radical (unpaired) electrons. The highest BCUT2D eigenvalue weighted by Gasteiger charge is 2.39. The van der Waals surface area contributed by atoms with Crippen molar-refractivity contribution >= 4 is 17.4 Å². The van der Waals surface area contributed by atoms with E-state index in [2.05, 4.69) is 4.98 Å². The molecule has 1 unspecified atom stereocenters. The number of rotatable bonds is 2. The predicted molar refractivity (Wildman–Crippen MR) is 96.1 cm³/mol. The van der Waals surface area contributed by atoms with Gasteiger partial charge in [0.1, 0.15) is 0 Å². The molecule has 1 aliphatic heterocycles. The van der Waals surface area contributed by atoms with Gasteiger partial charge < -0.3 is 0 Å². The van der Waals surface area contributed by atoms with Gasteiger partial charge >= 0.3 is 0 Å². The van der Waals surface area contributed by atoms with Crippen LogP contribution in [0.1, 0.15) is 42.7 Å². The van der Waals surface area contributed by atoms with E-state index in [4.69, 9.17) is 0 Å². The topological polar surface area (TPSA) is 50.3 Å². The van der Waals surface area contributed by atoms with Crippen LogP contribution < -0.4 is 4.90 Å². The maximum atomic E-state index is 13.0. The van der Waals surface area contributed by atoms with E-state index < -0.39 is 0 Å². The van der Waals surface area contributed by atoms with E-state index in [-0.39, 0.29) is 17.6 Å². The van der Waals surface area contributed by atoms with Crippen LogP contribution in [0.3, 0.4) is 0 Å². The Labute approximate surface area is 147 Å². The fraction of sp³-hybridized carbons (Fsp3) is 0.286. The summed E-state index contributed by atoms with van der Waals surface area (Å²) >= 11 is 0. The van der Waals surface area contributed by atoms with E-state index in [1.165, 1.54) is 0 Å². The highest BCUT2D eigenvalue weighted by molar-refractivity contribution is 6.07. The number of carbonyl (C=O) groups is 2. The minimum Gasteiger partial charge on any atom is -0.294 e. The van der Waals surface area contributed by atoms with Crippen LogP contribution in [0.5, 0.6) is 0 Å². The number of amides is 1. The average Bonchev–Trinajstić information content (AvgIpc) is 2.62. The molecule has 126 valence electrons. The molecule has 2 heterocycles. The quantitative estimate of drug-likeness (QED) is 0.837. The van der Waals surface area contributed by atoms with Crippen molar-refractivity contribution in [2.45, 2.75) is 38.5 Å². The Balaban J connectivity index is 1.87. The van der Waals surface area contributed by atoms with Crippen LogP contribution in [0.2, 0.25) is 0 Å². The normalized spacial score (nSPS) is 20.7. The summed E-state index contributed by atoms with van der Waals surface area (Å²) in [6, 6.07) is 11.7. The predicted octanol–water partition coefficient (Wildman–Crippen LogP) is 3.92. The molecule has 4 rings (SSSR count). The van der Waals surface area contributed by atoms with Gasteiger partial charge in [0.2, 0.25) is 5.91 Å². The molecule has 0 bridgehead atoms. The number of allylic oxidation sites excluding steroid dienone is 2. The van der Waals surface area contributed by atoms with Gasteiger partial charge in [0.15, 0.2) is 5.78 Å². The Morgan fingerprint density at radius 2 is 2.00 bits per heavy atom. The third kappa shape index (κ3) is 2.78. The molecule has 2 aliphatic rings. The zero-order valence-electron chi connectivity index (χ0n) is 14.2. The Bertz CT molecular complexity index is 870. The lowest BCUT2D eigenvalue weighted by atomic mass is 9.77. The van der Waals surface area contributed by atoms with Crippen molar-refractivity contribution in [1.29, 1.82) is 0 Å². The number of anilines is 1. The van der Waals surface area contributed by atoms with Crippen LogP contribution in [0.15, 0.2) is 60.1 Å². The van der Waals surface area contributed by atoms with Crippen molar-refractivity contribution in [3.63, 3.8) is 0 Å². The number of benzene rings is 1. The maximum Gasteiger partial charge on any atom is 0.232 e. The minimum atomic E-state index is -0.176. The molecule has 0 N–H and O–H groups in total. The second-order valence-electron chi connectivity index (χ2n) is 6.75. The first-order chi connectivity index (χ1) is 12.1. The summed E-state index contributed by atoms with van der Waals surface area (Å²) in [5.41, 5.74) is 4.59. The Morgan fingerprint density at radius 3 is 2.76 bits per heavy atom. The van der Waals surface area contributed by atoms with Crippen molar-refractivity contribution in [2.24, 2.45) is 0 Å². The fourth-order valence-electron chi connectivity index (χ4n) is 3.93. The molecule has 1 aliphatic carbocycles. The number of nitrogens with zero attached hydrogens (tertiary/aromatic N) is 2. The Hall–Kier alpha value is -2.75. The van der Waals surface area contributed by atoms with Crippen molar-refractivity contribution in [1.82, 2.24) is 4.98 Å². The molecule has 25 heavy (non-hydrogen) atoms. The van der Waals surface area contributed by atoms with E-state index in [0.29, 0.717) is 12.8 Å². The van der Waals surface area contributed by atoms with Crippen LogP contribution in [0, 0.1) is 6.92 Å². The Kier molecular flexibility index (Phi) is 3.96. The van der Waals surface area contributed by atoms with Gasteiger partial charge in [-0.05, 0) is 49.1 Å². The lowest BCUT2D eigenvalue weighted by Gasteiger charge is -2.38. The van der Waals surface area contributed by atoms with Gasteiger partial charge in [0, 0.05) is 48.1 Å². The number of carbonyl (C=O) groups excluding carboxylic acids is 2. The van der Waals surface area contributed by atoms with E-state index in [1.54, 1.807) is 17.3 Å². The molecule has 1 aromatic carbocycles. The summed E-state index contributed by atoms with van der Waals surface area (Å²) in [7, 11) is 0. The average molecular weight is 332 g/mol. The number of hydrogen-bond acceptors (Lipinski definition) is 3. The van der Waals surface area contributed by atoms with Gasteiger partial charge in [-0.1, -0.05) is 18.2 Å². The van der Waals surface area contributed by atoms with Gasteiger partial charge in [-0.3, -0.25) is 19.5 Å². The summed E-state index contributed by atoms with van der Waals surface area (Å²) in [5.74, 6) is 0.0400. The first kappa shape index (κ1) is 15.8. The monoisotopic (exact) mass is 332 g/mol. The SMILES string of the molecule is Cc1cccc(N2C(=O)CC(c3cccnc3)C3=C2CCCC3=O)c1. The first-order valence-corrected chi connectivity index (χ1v) is 8.71. The molecular formula is C21H20N2O2. The van der Waals surface area contributed by atoms with E-state index in [0.717, 1.165) is 40.9 Å². The van der Waals surface area contributed by atoms with Gasteiger partial charge in [-0.15, -0.1) is 0 Å². The highest BCUT2D eigenvalue weighted by atomic mass is 16.2. The Morgan fingerprint density at radius 1 is 1.12 bits per heavy atom. The lowest BCUT2D eigenvalue weighted by Crippen LogP contribution is -2.40. The standard InChI is InChI=1S/C21H20N2O2/c1-14-5-2-7-16(11-14)23-18-8-3-9-19(24)21(18)17(12-20(23)25)15-6-4-10-22-13-15/h2,4-7,10-11,13,17H,3,8-9,12H2,1H3. The number of pyridine rings is 1. The molecule has 0 fully saturated rings. The van der Waals surface area contributed by atoms with E-state index in [1.807, 2.05) is 43.3 Å². The van der Waals surface area contributed by atoms with Crippen LogP contribution in [0.25, 0.3) is 0 Å². The largest absolute Gasteiger partial charge is 0.294 e. The summed E-state index contributed by atoms with van der Waals surface area (Å²) in [5, 5.41) is 0. The maximum absolute atomic E-state index is 13.0. The third-order valence-corrected chi connectivity index (χ3v) is 5.02. The van der Waals surface area contributed by atoms with Crippen LogP contribution >= 0.6 is 0 Å². The number of Topliss-reactive ketones (excluding diaryl/α,β-unsaturated/α-hetero) is 1. The molecule has 1 amide bonds. The molecule has 4 nitrogen and oxygen atoms in total. The summed E-state index contributed by atoms with van der Waals surface area (Å²) in [4.78, 5) is 31.7. The van der Waals surface area contributed by atoms with Gasteiger partial charge in [0.25, 0.3) is 0 Å². The summed E-state index contributed by atoms with van der Waals surface area (Å²) < 4.78 is 0. The van der Waals surface area contributed by atoms with Crippen molar-refractivity contribution in [3.05, 3.63) is 71.2 Å². The van der Waals surface area contributed by atoms with Crippen LogP contribution in [0.4, 0.5) is 5.69 Å². The number of aryl methyl sites for hydroxylation is 1. The highest BCUT2D eigenvalue weighted by Crippen LogP contribution is 2.43. The van der Waals surface area contributed by atoms with E-state index >= 15 is 0 Å². The van der Waals surface area contributed by atoms with Crippen LogP contribution in [-0.2, 0) is 9.59 Å². The third-order valence-electron chi connectivity index (χ3n) is 5.02. The zero-order chi connectivity index (χ0) is 17.4. The molecule has 1 aromatic heterocycles. The molecule has 4 heteroatoms. The van der Waals surface area contributed by atoms with Crippen molar-refractivity contribution < 1.29 is 9.59 Å². The summed E-state index contributed by atoms with van der Waals surface area (Å²) in [6.07, 6.45) is 5.91. The smallest absolute Gasteiger partial charge is 0.232 e. The molecule has 0 saturated heterocycles. The molecule has 2 aromatic rings. The first-order valence-electron chi connectivity index (χ1n) is 8.71. The molecule has 1 atom stereocenters. The molecular weight excluding hydrogens is 312 g/mol. The second-order valence-corrected chi connectivity index (χ2v) is 6.75. The van der Waals surface area contributed by atoms with Crippen molar-refractivity contribution in [3.8, 4) is 0 Å². The lowest BCUT2D eigenvalue weighted by molar-refractivity contribution is -0.119. The second kappa shape index (κ2) is 6.28. The minimum absolute atomic E-state index is 0.0490. The van der Waals surface area contributed by atoms with Crippen molar-refractivity contribution in [2.75, 3.05) is 4.90 Å².